The van der Waals surface area contributed by atoms with Gasteiger partial charge in [0.05, 0.1) is 5.56 Å². The number of hydrogen-bond acceptors (Lipinski definition) is 4. The fourth-order valence-corrected chi connectivity index (χ4v) is 2.54. The molecule has 3 rings (SSSR count). The molecule has 1 aliphatic rings. The van der Waals surface area contributed by atoms with Gasteiger partial charge in [0, 0.05) is 24.1 Å². The molecule has 1 aromatic heterocycles. The van der Waals surface area contributed by atoms with Gasteiger partial charge in [-0.25, -0.2) is 14.4 Å². The van der Waals surface area contributed by atoms with Crippen molar-refractivity contribution in [3.8, 4) is 0 Å². The van der Waals surface area contributed by atoms with Crippen LogP contribution in [0.4, 0.5) is 16.0 Å². The fraction of sp³-hybridized carbons (Fsp3) is 0.312. The van der Waals surface area contributed by atoms with Crippen LogP contribution in [0.1, 0.15) is 36.0 Å². The molecule has 1 heterocycles. The van der Waals surface area contributed by atoms with Crippen LogP contribution in [0.15, 0.2) is 36.7 Å². The van der Waals surface area contributed by atoms with Gasteiger partial charge in [-0.1, -0.05) is 18.9 Å². The van der Waals surface area contributed by atoms with Gasteiger partial charge in [-0.15, -0.1) is 0 Å². The van der Waals surface area contributed by atoms with Crippen LogP contribution in [0.3, 0.4) is 0 Å². The van der Waals surface area contributed by atoms with Crippen LogP contribution in [-0.2, 0) is 0 Å². The molecule has 1 fully saturated rings. The van der Waals surface area contributed by atoms with Gasteiger partial charge in [-0.3, -0.25) is 4.79 Å². The van der Waals surface area contributed by atoms with E-state index in [1.807, 2.05) is 0 Å². The Kier molecular flexibility index (Phi) is 4.27. The first-order valence-corrected chi connectivity index (χ1v) is 7.36. The van der Waals surface area contributed by atoms with Crippen LogP contribution in [0.5, 0.6) is 0 Å². The largest absolute Gasteiger partial charge is 0.351 e. The summed E-state index contributed by atoms with van der Waals surface area (Å²) in [4.78, 5) is 20.4. The van der Waals surface area contributed by atoms with Gasteiger partial charge in [0.2, 0.25) is 5.95 Å². The summed E-state index contributed by atoms with van der Waals surface area (Å²) in [5.74, 6) is -0.225. The summed E-state index contributed by atoms with van der Waals surface area (Å²) in [7, 11) is 0. The first-order chi connectivity index (χ1) is 10.7. The summed E-state index contributed by atoms with van der Waals surface area (Å²) in [6, 6.07) is 6.16. The van der Waals surface area contributed by atoms with Crippen LogP contribution in [-0.4, -0.2) is 21.9 Å². The molecular formula is C16H17FN4O. The molecule has 0 bridgehead atoms. The van der Waals surface area contributed by atoms with Crippen molar-refractivity contribution in [2.24, 2.45) is 0 Å². The highest BCUT2D eigenvalue weighted by molar-refractivity contribution is 6.03. The van der Waals surface area contributed by atoms with Crippen LogP contribution < -0.4 is 10.6 Å². The summed E-state index contributed by atoms with van der Waals surface area (Å²) in [6.45, 7) is 0. The van der Waals surface area contributed by atoms with E-state index >= 15 is 0 Å². The van der Waals surface area contributed by atoms with Crippen LogP contribution in [0.2, 0.25) is 0 Å². The maximum absolute atomic E-state index is 13.1. The number of nitrogens with zero attached hydrogens (tertiary/aromatic N) is 2. The van der Waals surface area contributed by atoms with Crippen molar-refractivity contribution in [3.63, 3.8) is 0 Å². The second-order valence-corrected chi connectivity index (χ2v) is 5.39. The highest BCUT2D eigenvalue weighted by atomic mass is 19.1. The number of hydrogen-bond donors (Lipinski definition) is 2. The first kappa shape index (κ1) is 14.4. The molecular weight excluding hydrogens is 283 g/mol. The lowest BCUT2D eigenvalue weighted by Gasteiger charge is -2.11. The maximum atomic E-state index is 13.1. The Morgan fingerprint density at radius 3 is 2.59 bits per heavy atom. The smallest absolute Gasteiger partial charge is 0.258 e. The second kappa shape index (κ2) is 6.51. The number of halogens is 1. The Morgan fingerprint density at radius 1 is 1.18 bits per heavy atom. The molecule has 5 nitrogen and oxygen atoms in total. The molecule has 0 aliphatic heterocycles. The van der Waals surface area contributed by atoms with Gasteiger partial charge in [0.25, 0.3) is 5.91 Å². The van der Waals surface area contributed by atoms with Crippen molar-refractivity contribution in [2.45, 2.75) is 31.7 Å². The van der Waals surface area contributed by atoms with E-state index in [2.05, 4.69) is 20.6 Å². The lowest BCUT2D eigenvalue weighted by molar-refractivity contribution is 0.102. The minimum Gasteiger partial charge on any atom is -0.351 e. The second-order valence-electron chi connectivity index (χ2n) is 5.39. The van der Waals surface area contributed by atoms with E-state index in [0.717, 1.165) is 12.8 Å². The van der Waals surface area contributed by atoms with Crippen molar-refractivity contribution in [2.75, 3.05) is 10.6 Å². The van der Waals surface area contributed by atoms with Gasteiger partial charge < -0.3 is 10.6 Å². The number of amides is 1. The van der Waals surface area contributed by atoms with E-state index < -0.39 is 5.82 Å². The summed E-state index contributed by atoms with van der Waals surface area (Å²) in [5, 5.41) is 5.87. The van der Waals surface area contributed by atoms with Crippen LogP contribution in [0.25, 0.3) is 0 Å². The summed E-state index contributed by atoms with van der Waals surface area (Å²) >= 11 is 0. The Labute approximate surface area is 128 Å². The Balaban J connectivity index is 1.63. The third-order valence-corrected chi connectivity index (χ3v) is 3.68. The topological polar surface area (TPSA) is 66.9 Å². The van der Waals surface area contributed by atoms with Crippen molar-refractivity contribution >= 4 is 17.5 Å². The van der Waals surface area contributed by atoms with Gasteiger partial charge >= 0.3 is 0 Å². The summed E-state index contributed by atoms with van der Waals surface area (Å²) in [5.41, 5.74) is 0.736. The maximum Gasteiger partial charge on any atom is 0.258 e. The number of aromatic nitrogens is 2. The number of carbonyl (C=O) groups is 1. The molecule has 22 heavy (non-hydrogen) atoms. The molecule has 2 N–H and O–H groups in total. The van der Waals surface area contributed by atoms with Crippen molar-refractivity contribution in [1.82, 2.24) is 9.97 Å². The molecule has 1 aliphatic carbocycles. The number of carbonyl (C=O) groups excluding carboxylic acids is 1. The standard InChI is InChI=1S/C16H17FN4O/c17-12-4-3-7-14(8-12)20-15(22)11-9-18-16(19-10-11)21-13-5-1-2-6-13/h3-4,7-10,13H,1-2,5-6H2,(H,20,22)(H,18,19,21). The zero-order valence-corrected chi connectivity index (χ0v) is 12.1. The quantitative estimate of drug-likeness (QED) is 0.909. The van der Waals surface area contributed by atoms with Gasteiger partial charge in [-0.05, 0) is 31.0 Å². The molecule has 114 valence electrons. The molecule has 1 saturated carbocycles. The van der Waals surface area contributed by atoms with Crippen molar-refractivity contribution in [1.29, 1.82) is 0 Å². The Morgan fingerprint density at radius 2 is 1.91 bits per heavy atom. The first-order valence-electron chi connectivity index (χ1n) is 7.36. The number of nitrogens with one attached hydrogen (secondary N) is 2. The molecule has 0 saturated heterocycles. The van der Waals surface area contributed by atoms with Crippen molar-refractivity contribution in [3.05, 3.63) is 48.0 Å². The molecule has 0 spiro atoms. The monoisotopic (exact) mass is 300 g/mol. The molecule has 2 aromatic rings. The fourth-order valence-electron chi connectivity index (χ4n) is 2.54. The average molecular weight is 300 g/mol. The van der Waals surface area contributed by atoms with Crippen molar-refractivity contribution < 1.29 is 9.18 Å². The van der Waals surface area contributed by atoms with E-state index in [1.54, 1.807) is 6.07 Å². The Bertz CT molecular complexity index is 653. The summed E-state index contributed by atoms with van der Waals surface area (Å²) < 4.78 is 13.1. The number of anilines is 2. The normalized spacial score (nSPS) is 14.8. The highest BCUT2D eigenvalue weighted by Gasteiger charge is 2.16. The van der Waals surface area contributed by atoms with E-state index in [1.165, 1.54) is 43.4 Å². The van der Waals surface area contributed by atoms with Gasteiger partial charge in [-0.2, -0.15) is 0 Å². The average Bonchev–Trinajstić information content (AvgIpc) is 3.01. The lowest BCUT2D eigenvalue weighted by Crippen LogP contribution is -2.18. The molecule has 6 heteroatoms. The highest BCUT2D eigenvalue weighted by Crippen LogP contribution is 2.20. The zero-order chi connectivity index (χ0) is 15.4. The molecule has 0 atom stereocenters. The molecule has 1 aromatic carbocycles. The summed E-state index contributed by atoms with van der Waals surface area (Å²) in [6.07, 6.45) is 7.66. The minimum atomic E-state index is -0.398. The van der Waals surface area contributed by atoms with E-state index in [-0.39, 0.29) is 5.91 Å². The SMILES string of the molecule is O=C(Nc1cccc(F)c1)c1cnc(NC2CCCC2)nc1. The van der Waals surface area contributed by atoms with E-state index in [9.17, 15) is 9.18 Å². The Hall–Kier alpha value is -2.50. The minimum absolute atomic E-state index is 0.334. The molecule has 0 unspecified atom stereocenters. The van der Waals surface area contributed by atoms with Crippen LogP contribution in [0, 0.1) is 5.82 Å². The van der Waals surface area contributed by atoms with E-state index in [0.29, 0.717) is 23.2 Å². The zero-order valence-electron chi connectivity index (χ0n) is 12.1. The third kappa shape index (κ3) is 3.58. The number of rotatable bonds is 4. The van der Waals surface area contributed by atoms with E-state index in [4.69, 9.17) is 0 Å². The molecule has 0 radical (unpaired) electrons. The number of benzene rings is 1. The van der Waals surface area contributed by atoms with Gasteiger partial charge in [0.1, 0.15) is 5.82 Å². The lowest BCUT2D eigenvalue weighted by atomic mass is 10.2. The molecule has 1 amide bonds. The van der Waals surface area contributed by atoms with Gasteiger partial charge in [0.15, 0.2) is 0 Å². The third-order valence-electron chi connectivity index (χ3n) is 3.68. The predicted octanol–water partition coefficient (Wildman–Crippen LogP) is 3.22. The predicted molar refractivity (Wildman–Crippen MR) is 82.3 cm³/mol. The van der Waals surface area contributed by atoms with Crippen LogP contribution >= 0.6 is 0 Å².